The first kappa shape index (κ1) is 15.4. The summed E-state index contributed by atoms with van der Waals surface area (Å²) in [6.45, 7) is 3.02. The molecule has 1 amide bonds. The quantitative estimate of drug-likeness (QED) is 0.905. The highest BCUT2D eigenvalue weighted by Gasteiger charge is 2.31. The molecular weight excluding hydrogens is 283 g/mol. The van der Waals surface area contributed by atoms with Crippen LogP contribution in [0.1, 0.15) is 31.2 Å². The Labute approximate surface area is 130 Å². The molecule has 2 fully saturated rings. The molecule has 3 rings (SSSR count). The third-order valence-corrected chi connectivity index (χ3v) is 4.49. The molecule has 0 saturated carbocycles. The molecule has 2 heterocycles. The number of amides is 1. The van der Waals surface area contributed by atoms with E-state index in [0.29, 0.717) is 13.1 Å². The van der Waals surface area contributed by atoms with Crippen LogP contribution in [0.25, 0.3) is 0 Å². The van der Waals surface area contributed by atoms with Crippen LogP contribution in [0.5, 0.6) is 0 Å². The Bertz CT molecular complexity index is 500. The molecule has 120 valence electrons. The van der Waals surface area contributed by atoms with E-state index in [1.165, 1.54) is 12.1 Å². The zero-order chi connectivity index (χ0) is 15.4. The lowest BCUT2D eigenvalue weighted by Gasteiger charge is -2.24. The minimum Gasteiger partial charge on any atom is -0.376 e. The van der Waals surface area contributed by atoms with Crippen molar-refractivity contribution in [2.45, 2.75) is 44.4 Å². The molecule has 0 radical (unpaired) electrons. The molecule has 5 heteroatoms. The summed E-state index contributed by atoms with van der Waals surface area (Å²) in [6, 6.07) is 6.44. The molecular formula is C17H23FN2O2. The van der Waals surface area contributed by atoms with Crippen LogP contribution in [0.15, 0.2) is 24.3 Å². The summed E-state index contributed by atoms with van der Waals surface area (Å²) >= 11 is 0. The summed E-state index contributed by atoms with van der Waals surface area (Å²) in [5, 5.41) is 3.03. The highest BCUT2D eigenvalue weighted by Crippen LogP contribution is 2.20. The Hall–Kier alpha value is -1.46. The largest absolute Gasteiger partial charge is 0.376 e. The van der Waals surface area contributed by atoms with Gasteiger partial charge < -0.3 is 10.1 Å². The molecule has 0 aliphatic carbocycles. The van der Waals surface area contributed by atoms with Crippen molar-refractivity contribution in [3.8, 4) is 0 Å². The second kappa shape index (κ2) is 7.20. The van der Waals surface area contributed by atoms with Gasteiger partial charge in [0.1, 0.15) is 5.82 Å². The van der Waals surface area contributed by atoms with Gasteiger partial charge in [-0.1, -0.05) is 12.1 Å². The molecule has 2 aliphatic rings. The first-order valence-corrected chi connectivity index (χ1v) is 8.10. The van der Waals surface area contributed by atoms with E-state index in [1.807, 2.05) is 0 Å². The van der Waals surface area contributed by atoms with E-state index in [9.17, 15) is 9.18 Å². The summed E-state index contributed by atoms with van der Waals surface area (Å²) in [7, 11) is 0. The van der Waals surface area contributed by atoms with Gasteiger partial charge in [-0.2, -0.15) is 0 Å². The molecule has 2 atom stereocenters. The predicted molar refractivity (Wildman–Crippen MR) is 81.8 cm³/mol. The van der Waals surface area contributed by atoms with Crippen LogP contribution in [0.2, 0.25) is 0 Å². The molecule has 0 unspecified atom stereocenters. The first-order valence-electron chi connectivity index (χ1n) is 8.10. The second-order valence-corrected chi connectivity index (χ2v) is 6.14. The van der Waals surface area contributed by atoms with Crippen LogP contribution in [0.3, 0.4) is 0 Å². The minimum absolute atomic E-state index is 0.0774. The predicted octanol–water partition coefficient (Wildman–Crippen LogP) is 2.09. The monoisotopic (exact) mass is 306 g/mol. The lowest BCUT2D eigenvalue weighted by atomic mass is 10.1. The van der Waals surface area contributed by atoms with Crippen molar-refractivity contribution in [1.29, 1.82) is 0 Å². The third-order valence-electron chi connectivity index (χ3n) is 4.49. The van der Waals surface area contributed by atoms with Crippen LogP contribution < -0.4 is 5.32 Å². The third kappa shape index (κ3) is 3.84. The number of nitrogens with one attached hydrogen (secondary N) is 1. The highest BCUT2D eigenvalue weighted by molar-refractivity contribution is 5.82. The van der Waals surface area contributed by atoms with Gasteiger partial charge >= 0.3 is 0 Å². The van der Waals surface area contributed by atoms with Gasteiger partial charge in [0, 0.05) is 19.7 Å². The average Bonchev–Trinajstić information content (AvgIpc) is 3.18. The Morgan fingerprint density at radius 3 is 2.82 bits per heavy atom. The molecule has 2 aliphatic heterocycles. The summed E-state index contributed by atoms with van der Waals surface area (Å²) in [5.41, 5.74) is 1.04. The number of benzene rings is 1. The van der Waals surface area contributed by atoms with E-state index in [-0.39, 0.29) is 23.9 Å². The van der Waals surface area contributed by atoms with Crippen molar-refractivity contribution < 1.29 is 13.9 Å². The Morgan fingerprint density at radius 2 is 2.09 bits per heavy atom. The summed E-state index contributed by atoms with van der Waals surface area (Å²) in [4.78, 5) is 14.6. The molecule has 1 aromatic rings. The maximum Gasteiger partial charge on any atom is 0.237 e. The van der Waals surface area contributed by atoms with E-state index in [2.05, 4.69) is 10.2 Å². The smallest absolute Gasteiger partial charge is 0.237 e. The van der Waals surface area contributed by atoms with Gasteiger partial charge in [0.05, 0.1) is 12.1 Å². The summed E-state index contributed by atoms with van der Waals surface area (Å²) < 4.78 is 18.5. The zero-order valence-corrected chi connectivity index (χ0v) is 12.8. The number of hydrogen-bond donors (Lipinski definition) is 1. The van der Waals surface area contributed by atoms with Crippen LogP contribution in [0.4, 0.5) is 4.39 Å². The van der Waals surface area contributed by atoms with Crippen molar-refractivity contribution in [1.82, 2.24) is 10.2 Å². The number of carbonyl (C=O) groups excluding carboxylic acids is 1. The van der Waals surface area contributed by atoms with Gasteiger partial charge in [0.2, 0.25) is 5.91 Å². The lowest BCUT2D eigenvalue weighted by molar-refractivity contribution is -0.126. The van der Waals surface area contributed by atoms with Crippen LogP contribution >= 0.6 is 0 Å². The van der Waals surface area contributed by atoms with E-state index >= 15 is 0 Å². The van der Waals surface area contributed by atoms with Gasteiger partial charge in [-0.25, -0.2) is 4.39 Å². The number of carbonyl (C=O) groups is 1. The topological polar surface area (TPSA) is 41.6 Å². The molecule has 0 spiro atoms. The number of likely N-dealkylation sites (tertiary alicyclic amines) is 1. The molecule has 1 aromatic carbocycles. The maximum absolute atomic E-state index is 13.0. The number of hydrogen-bond acceptors (Lipinski definition) is 3. The van der Waals surface area contributed by atoms with E-state index in [1.54, 1.807) is 12.1 Å². The fourth-order valence-corrected chi connectivity index (χ4v) is 3.27. The van der Waals surface area contributed by atoms with Gasteiger partial charge in [-0.15, -0.1) is 0 Å². The number of halogens is 1. The maximum atomic E-state index is 13.0. The minimum atomic E-state index is -0.226. The van der Waals surface area contributed by atoms with Crippen LogP contribution in [0, 0.1) is 5.82 Å². The molecule has 22 heavy (non-hydrogen) atoms. The van der Waals surface area contributed by atoms with Gasteiger partial charge in [0.15, 0.2) is 0 Å². The molecule has 2 saturated heterocycles. The fraction of sp³-hybridized carbons (Fsp3) is 0.588. The molecule has 1 N–H and O–H groups in total. The summed E-state index contributed by atoms with van der Waals surface area (Å²) in [5.74, 6) is -0.133. The Kier molecular flexibility index (Phi) is 5.05. The fourth-order valence-electron chi connectivity index (χ4n) is 3.27. The SMILES string of the molecule is O=C(NC[C@H]1CCCO1)[C@H]1CCCN1Cc1ccc(F)cc1. The van der Waals surface area contributed by atoms with Gasteiger partial charge in [-0.3, -0.25) is 9.69 Å². The van der Waals surface area contributed by atoms with Crippen LogP contribution in [-0.2, 0) is 16.1 Å². The van der Waals surface area contributed by atoms with Crippen molar-refractivity contribution in [2.24, 2.45) is 0 Å². The van der Waals surface area contributed by atoms with Gasteiger partial charge in [-0.05, 0) is 49.9 Å². The molecule has 0 bridgehead atoms. The lowest BCUT2D eigenvalue weighted by Crippen LogP contribution is -2.45. The number of rotatable bonds is 5. The van der Waals surface area contributed by atoms with Crippen molar-refractivity contribution in [2.75, 3.05) is 19.7 Å². The highest BCUT2D eigenvalue weighted by atomic mass is 19.1. The number of nitrogens with zero attached hydrogens (tertiary/aromatic N) is 1. The second-order valence-electron chi connectivity index (χ2n) is 6.14. The van der Waals surface area contributed by atoms with Gasteiger partial charge in [0.25, 0.3) is 0 Å². The molecule has 4 nitrogen and oxygen atoms in total. The standard InChI is InChI=1S/C17H23FN2O2/c18-14-7-5-13(6-8-14)12-20-9-1-4-16(20)17(21)19-11-15-3-2-10-22-15/h5-8,15-16H,1-4,9-12H2,(H,19,21)/t15-,16-/m1/s1. The Balaban J connectivity index is 1.52. The number of ether oxygens (including phenoxy) is 1. The van der Waals surface area contributed by atoms with E-state index < -0.39 is 0 Å². The zero-order valence-electron chi connectivity index (χ0n) is 12.8. The first-order chi connectivity index (χ1) is 10.7. The van der Waals surface area contributed by atoms with Crippen molar-refractivity contribution in [3.63, 3.8) is 0 Å². The van der Waals surface area contributed by atoms with Crippen LogP contribution in [-0.4, -0.2) is 42.6 Å². The van der Waals surface area contributed by atoms with E-state index in [0.717, 1.165) is 44.4 Å². The summed E-state index contributed by atoms with van der Waals surface area (Å²) in [6.07, 6.45) is 4.21. The molecule has 0 aromatic heterocycles. The van der Waals surface area contributed by atoms with E-state index in [4.69, 9.17) is 4.74 Å². The average molecular weight is 306 g/mol. The Morgan fingerprint density at radius 1 is 1.27 bits per heavy atom. The van der Waals surface area contributed by atoms with Crippen molar-refractivity contribution >= 4 is 5.91 Å². The van der Waals surface area contributed by atoms with Crippen molar-refractivity contribution in [3.05, 3.63) is 35.6 Å². The normalized spacial score (nSPS) is 25.5.